The second-order valence-electron chi connectivity index (χ2n) is 6.97. The van der Waals surface area contributed by atoms with Crippen LogP contribution in [0.5, 0.6) is 0 Å². The molecule has 2 aromatic heterocycles. The van der Waals surface area contributed by atoms with Crippen LogP contribution < -0.4 is 5.32 Å². The van der Waals surface area contributed by atoms with Crippen molar-refractivity contribution in [1.29, 1.82) is 0 Å². The van der Waals surface area contributed by atoms with Crippen LogP contribution >= 0.6 is 35.3 Å². The second-order valence-corrected chi connectivity index (χ2v) is 8.13. The summed E-state index contributed by atoms with van der Waals surface area (Å²) >= 11 is 1.85. The molecular weight excluding hydrogens is 475 g/mol. The Bertz CT molecular complexity index is 733. The Morgan fingerprint density at radius 1 is 1.30 bits per heavy atom. The van der Waals surface area contributed by atoms with Crippen LogP contribution in [0.15, 0.2) is 9.52 Å². The highest BCUT2D eigenvalue weighted by atomic mass is 127. The molecule has 1 aliphatic rings. The summed E-state index contributed by atoms with van der Waals surface area (Å²) in [7, 11) is 3.84. The Hall–Kier alpha value is -1.23. The average molecular weight is 504 g/mol. The first kappa shape index (κ1) is 22.1. The Morgan fingerprint density at radius 2 is 2.07 bits per heavy atom. The Morgan fingerprint density at radius 3 is 2.74 bits per heavy atom. The topological polar surface area (TPSA) is 79.4 Å². The van der Waals surface area contributed by atoms with Crippen molar-refractivity contribution >= 4 is 41.3 Å². The van der Waals surface area contributed by atoms with Crippen LogP contribution in [0.4, 0.5) is 0 Å². The summed E-state index contributed by atoms with van der Waals surface area (Å²) in [5.74, 6) is 2.55. The van der Waals surface area contributed by atoms with E-state index >= 15 is 0 Å². The van der Waals surface area contributed by atoms with Gasteiger partial charge < -0.3 is 14.7 Å². The molecule has 27 heavy (non-hydrogen) atoms. The minimum atomic E-state index is 0. The van der Waals surface area contributed by atoms with E-state index in [2.05, 4.69) is 39.2 Å². The predicted octanol–water partition coefficient (Wildman–Crippen LogP) is 3.40. The fourth-order valence-electron chi connectivity index (χ4n) is 3.02. The Labute approximate surface area is 182 Å². The zero-order valence-electron chi connectivity index (χ0n) is 16.5. The lowest BCUT2D eigenvalue weighted by Gasteiger charge is -2.20. The fourth-order valence-corrected chi connectivity index (χ4v) is 4.23. The van der Waals surface area contributed by atoms with Gasteiger partial charge in [-0.2, -0.15) is 4.98 Å². The monoisotopic (exact) mass is 504 g/mol. The molecule has 0 bridgehead atoms. The SMILES string of the molecule is CN=C(NCCc1nc(C(C)C)no1)N(C)Cc1nc2c(s1)CCCC2.I. The molecule has 0 aromatic carbocycles. The summed E-state index contributed by atoms with van der Waals surface area (Å²) in [5.41, 5.74) is 1.31. The Kier molecular flexibility index (Phi) is 8.46. The molecule has 0 spiro atoms. The quantitative estimate of drug-likeness (QED) is 0.369. The second kappa shape index (κ2) is 10.4. The van der Waals surface area contributed by atoms with E-state index in [4.69, 9.17) is 9.51 Å². The molecule has 0 radical (unpaired) electrons. The van der Waals surface area contributed by atoms with E-state index in [1.807, 2.05) is 18.4 Å². The van der Waals surface area contributed by atoms with Gasteiger partial charge in [-0.25, -0.2) is 4.98 Å². The van der Waals surface area contributed by atoms with Crippen molar-refractivity contribution in [1.82, 2.24) is 25.3 Å². The van der Waals surface area contributed by atoms with E-state index in [0.29, 0.717) is 18.9 Å². The number of aromatic nitrogens is 3. The molecule has 3 rings (SSSR count). The number of nitrogens with one attached hydrogen (secondary N) is 1. The number of halogens is 1. The van der Waals surface area contributed by atoms with Crippen molar-refractivity contribution in [3.05, 3.63) is 27.3 Å². The summed E-state index contributed by atoms with van der Waals surface area (Å²) in [6, 6.07) is 0. The first-order valence-electron chi connectivity index (χ1n) is 9.28. The van der Waals surface area contributed by atoms with Crippen LogP contribution in [0.2, 0.25) is 0 Å². The molecule has 0 aliphatic heterocycles. The van der Waals surface area contributed by atoms with Crippen LogP contribution in [-0.4, -0.2) is 46.6 Å². The number of fused-ring (bicyclic) bond motifs is 1. The molecule has 2 heterocycles. The number of nitrogens with zero attached hydrogens (tertiary/aromatic N) is 5. The minimum absolute atomic E-state index is 0. The van der Waals surface area contributed by atoms with Gasteiger partial charge in [0.15, 0.2) is 11.8 Å². The maximum absolute atomic E-state index is 5.28. The maximum Gasteiger partial charge on any atom is 0.228 e. The van der Waals surface area contributed by atoms with E-state index in [0.717, 1.165) is 24.7 Å². The molecule has 9 heteroatoms. The number of hydrogen-bond acceptors (Lipinski definition) is 6. The van der Waals surface area contributed by atoms with E-state index in [-0.39, 0.29) is 29.9 Å². The van der Waals surface area contributed by atoms with Gasteiger partial charge in [-0.3, -0.25) is 4.99 Å². The third-order valence-corrected chi connectivity index (χ3v) is 5.60. The summed E-state index contributed by atoms with van der Waals surface area (Å²) in [5, 5.41) is 8.53. The van der Waals surface area contributed by atoms with Gasteiger partial charge >= 0.3 is 0 Å². The molecule has 0 unspecified atom stereocenters. The average Bonchev–Trinajstić information content (AvgIpc) is 3.24. The summed E-state index contributed by atoms with van der Waals surface area (Å²) in [4.78, 5) is 17.2. The highest BCUT2D eigenvalue weighted by molar-refractivity contribution is 14.0. The number of aryl methyl sites for hydroxylation is 2. The zero-order chi connectivity index (χ0) is 18.5. The van der Waals surface area contributed by atoms with Gasteiger partial charge in [0.25, 0.3) is 0 Å². The van der Waals surface area contributed by atoms with Crippen molar-refractivity contribution in [2.75, 3.05) is 20.6 Å². The largest absolute Gasteiger partial charge is 0.356 e. The molecule has 0 saturated heterocycles. The van der Waals surface area contributed by atoms with Crippen LogP contribution in [0.25, 0.3) is 0 Å². The highest BCUT2D eigenvalue weighted by Gasteiger charge is 2.17. The standard InChI is InChI=1S/C18H28N6OS.HI/c1-12(2)17-22-15(25-23-17)9-10-20-18(19-3)24(4)11-16-21-13-7-5-6-8-14(13)26-16;/h12H,5-11H2,1-4H3,(H,19,20);1H. The predicted molar refractivity (Wildman–Crippen MR) is 119 cm³/mol. The lowest BCUT2D eigenvalue weighted by atomic mass is 10.0. The number of thiazole rings is 1. The number of hydrogen-bond donors (Lipinski definition) is 1. The van der Waals surface area contributed by atoms with Crippen molar-refractivity contribution in [3.63, 3.8) is 0 Å². The summed E-state index contributed by atoms with van der Waals surface area (Å²) in [6.45, 7) is 5.58. The van der Waals surface area contributed by atoms with Crippen molar-refractivity contribution < 1.29 is 4.52 Å². The molecule has 150 valence electrons. The van der Waals surface area contributed by atoms with Gasteiger partial charge in [0.2, 0.25) is 5.89 Å². The summed E-state index contributed by atoms with van der Waals surface area (Å²) in [6.07, 6.45) is 5.56. The number of rotatable bonds is 6. The van der Waals surface area contributed by atoms with Gasteiger partial charge in [0, 0.05) is 37.9 Å². The molecule has 1 aliphatic carbocycles. The normalized spacial score (nSPS) is 14.0. The fraction of sp³-hybridized carbons (Fsp3) is 0.667. The van der Waals surface area contributed by atoms with Gasteiger partial charge in [0.05, 0.1) is 12.2 Å². The highest BCUT2D eigenvalue weighted by Crippen LogP contribution is 2.27. The molecule has 0 atom stereocenters. The van der Waals surface area contributed by atoms with Gasteiger partial charge in [-0.05, 0) is 25.7 Å². The first-order chi connectivity index (χ1) is 12.6. The molecule has 7 nitrogen and oxygen atoms in total. The summed E-state index contributed by atoms with van der Waals surface area (Å²) < 4.78 is 5.28. The van der Waals surface area contributed by atoms with E-state index in [1.165, 1.54) is 34.8 Å². The van der Waals surface area contributed by atoms with Crippen molar-refractivity contribution in [3.8, 4) is 0 Å². The lowest BCUT2D eigenvalue weighted by Crippen LogP contribution is -2.39. The van der Waals surface area contributed by atoms with Crippen LogP contribution in [0.1, 0.15) is 59.9 Å². The van der Waals surface area contributed by atoms with Crippen LogP contribution in [0.3, 0.4) is 0 Å². The van der Waals surface area contributed by atoms with Gasteiger partial charge in [-0.15, -0.1) is 35.3 Å². The maximum atomic E-state index is 5.28. The van der Waals surface area contributed by atoms with Crippen molar-refractivity contribution in [2.24, 2.45) is 4.99 Å². The Balaban J connectivity index is 0.00000261. The molecular formula is C18H29IN6OS. The minimum Gasteiger partial charge on any atom is -0.356 e. The number of guanidine groups is 1. The smallest absolute Gasteiger partial charge is 0.228 e. The third kappa shape index (κ3) is 5.87. The van der Waals surface area contributed by atoms with Crippen LogP contribution in [-0.2, 0) is 25.8 Å². The van der Waals surface area contributed by atoms with Gasteiger partial charge in [-0.1, -0.05) is 19.0 Å². The van der Waals surface area contributed by atoms with Crippen molar-refractivity contribution in [2.45, 2.75) is 58.4 Å². The van der Waals surface area contributed by atoms with Gasteiger partial charge in [0.1, 0.15) is 5.01 Å². The first-order valence-corrected chi connectivity index (χ1v) is 10.1. The zero-order valence-corrected chi connectivity index (χ0v) is 19.6. The van der Waals surface area contributed by atoms with E-state index in [1.54, 1.807) is 7.05 Å². The molecule has 0 saturated carbocycles. The number of aliphatic imine (C=N–C) groups is 1. The molecule has 0 amide bonds. The third-order valence-electron chi connectivity index (χ3n) is 4.46. The molecule has 1 N–H and O–H groups in total. The molecule has 2 aromatic rings. The molecule has 0 fully saturated rings. The van der Waals surface area contributed by atoms with E-state index < -0.39 is 0 Å². The lowest BCUT2D eigenvalue weighted by molar-refractivity contribution is 0.370. The van der Waals surface area contributed by atoms with Crippen LogP contribution in [0, 0.1) is 0 Å². The van der Waals surface area contributed by atoms with E-state index in [9.17, 15) is 0 Å².